The number of nitrogens with zero attached hydrogens (tertiary/aromatic N) is 2. The van der Waals surface area contributed by atoms with Crippen LogP contribution in [0.25, 0.3) is 0 Å². The lowest BCUT2D eigenvalue weighted by Crippen LogP contribution is -2.25. The van der Waals surface area contributed by atoms with E-state index in [2.05, 4.69) is 22.1 Å². The lowest BCUT2D eigenvalue weighted by atomic mass is 10.2. The Labute approximate surface area is 85.1 Å². The highest BCUT2D eigenvalue weighted by molar-refractivity contribution is 5.42. The summed E-state index contributed by atoms with van der Waals surface area (Å²) >= 11 is 0. The Morgan fingerprint density at radius 1 is 1.50 bits per heavy atom. The first-order chi connectivity index (χ1) is 6.88. The fourth-order valence-corrected chi connectivity index (χ4v) is 1.92. The highest BCUT2D eigenvalue weighted by Gasteiger charge is 2.20. The van der Waals surface area contributed by atoms with E-state index in [9.17, 15) is 0 Å². The van der Waals surface area contributed by atoms with Crippen LogP contribution in [0, 0.1) is 0 Å². The summed E-state index contributed by atoms with van der Waals surface area (Å²) in [6, 6.07) is 4.65. The van der Waals surface area contributed by atoms with E-state index < -0.39 is 0 Å². The normalized spacial score (nSPS) is 22.5. The lowest BCUT2D eigenvalue weighted by molar-refractivity contribution is 0.356. The van der Waals surface area contributed by atoms with Crippen molar-refractivity contribution in [1.29, 1.82) is 0 Å². The van der Waals surface area contributed by atoms with Crippen LogP contribution < -0.4 is 5.32 Å². The molecule has 3 heteroatoms. The molecular formula is C11H17N3. The molecular weight excluding hydrogens is 174 g/mol. The van der Waals surface area contributed by atoms with Gasteiger partial charge in [-0.1, -0.05) is 6.92 Å². The molecule has 0 spiro atoms. The van der Waals surface area contributed by atoms with Gasteiger partial charge in [-0.25, -0.2) is 0 Å². The van der Waals surface area contributed by atoms with E-state index in [-0.39, 0.29) is 0 Å². The number of hydrogen-bond acceptors (Lipinski definition) is 3. The van der Waals surface area contributed by atoms with Crippen molar-refractivity contribution in [1.82, 2.24) is 9.88 Å². The van der Waals surface area contributed by atoms with Crippen LogP contribution in [0.15, 0.2) is 24.5 Å². The second kappa shape index (κ2) is 4.42. The van der Waals surface area contributed by atoms with Crippen LogP contribution in [0.1, 0.15) is 13.3 Å². The molecule has 1 aliphatic heterocycles. The zero-order valence-corrected chi connectivity index (χ0v) is 8.61. The maximum Gasteiger partial charge on any atom is 0.0400 e. The van der Waals surface area contributed by atoms with Crippen LogP contribution in [-0.2, 0) is 0 Å². The van der Waals surface area contributed by atoms with E-state index in [4.69, 9.17) is 0 Å². The van der Waals surface area contributed by atoms with E-state index in [0.29, 0.717) is 6.04 Å². The predicted molar refractivity (Wildman–Crippen MR) is 58.4 cm³/mol. The number of hydrogen-bond donors (Lipinski definition) is 1. The molecule has 76 valence electrons. The Balaban J connectivity index is 1.88. The van der Waals surface area contributed by atoms with Gasteiger partial charge >= 0.3 is 0 Å². The van der Waals surface area contributed by atoms with Gasteiger partial charge in [0, 0.05) is 37.2 Å². The highest BCUT2D eigenvalue weighted by Crippen LogP contribution is 2.14. The first-order valence-electron chi connectivity index (χ1n) is 5.27. The predicted octanol–water partition coefficient (Wildman–Crippen LogP) is 1.59. The second-order valence-electron chi connectivity index (χ2n) is 3.76. The zero-order valence-electron chi connectivity index (χ0n) is 8.61. The number of rotatable bonds is 3. The summed E-state index contributed by atoms with van der Waals surface area (Å²) in [5, 5.41) is 3.52. The molecule has 0 radical (unpaired) electrons. The smallest absolute Gasteiger partial charge is 0.0400 e. The standard InChI is InChI=1S/C11H17N3/c1-2-14-8-5-11(9-14)13-10-3-6-12-7-4-10/h3-4,6-7,11H,2,5,8-9H2,1H3,(H,12,13). The summed E-state index contributed by atoms with van der Waals surface area (Å²) < 4.78 is 0. The van der Waals surface area contributed by atoms with Crippen LogP contribution in [-0.4, -0.2) is 35.6 Å². The maximum absolute atomic E-state index is 4.00. The third-order valence-corrected chi connectivity index (χ3v) is 2.77. The summed E-state index contributed by atoms with van der Waals surface area (Å²) in [7, 11) is 0. The minimum absolute atomic E-state index is 0.609. The molecule has 14 heavy (non-hydrogen) atoms. The Bertz CT molecular complexity index is 273. The molecule has 0 amide bonds. The van der Waals surface area contributed by atoms with Gasteiger partial charge in [0.2, 0.25) is 0 Å². The molecule has 3 nitrogen and oxygen atoms in total. The van der Waals surface area contributed by atoms with E-state index in [0.717, 1.165) is 6.54 Å². The minimum atomic E-state index is 0.609. The van der Waals surface area contributed by atoms with Crippen LogP contribution in [0.4, 0.5) is 5.69 Å². The summed E-state index contributed by atoms with van der Waals surface area (Å²) in [6.07, 6.45) is 4.90. The molecule has 0 bridgehead atoms. The maximum atomic E-state index is 4.00. The topological polar surface area (TPSA) is 28.2 Å². The number of likely N-dealkylation sites (tertiary alicyclic amines) is 1. The first kappa shape index (κ1) is 9.46. The molecule has 1 fully saturated rings. The summed E-state index contributed by atoms with van der Waals surface area (Å²) in [6.45, 7) is 5.77. The molecule has 0 aliphatic carbocycles. The van der Waals surface area contributed by atoms with Gasteiger partial charge in [0.1, 0.15) is 0 Å². The van der Waals surface area contributed by atoms with Crippen molar-refractivity contribution in [2.45, 2.75) is 19.4 Å². The Hall–Kier alpha value is -1.09. The monoisotopic (exact) mass is 191 g/mol. The van der Waals surface area contributed by atoms with Crippen LogP contribution in [0.2, 0.25) is 0 Å². The molecule has 2 heterocycles. The quantitative estimate of drug-likeness (QED) is 0.786. The average molecular weight is 191 g/mol. The number of aromatic nitrogens is 1. The van der Waals surface area contributed by atoms with Gasteiger partial charge in [-0.2, -0.15) is 0 Å². The molecule has 1 unspecified atom stereocenters. The number of pyridine rings is 1. The summed E-state index contributed by atoms with van der Waals surface area (Å²) in [5.41, 5.74) is 1.18. The van der Waals surface area contributed by atoms with Gasteiger partial charge in [-0.3, -0.25) is 4.98 Å². The largest absolute Gasteiger partial charge is 0.381 e. The van der Waals surface area contributed by atoms with E-state index >= 15 is 0 Å². The summed E-state index contributed by atoms with van der Waals surface area (Å²) in [5.74, 6) is 0. The average Bonchev–Trinajstić information content (AvgIpc) is 2.67. The Kier molecular flexibility index (Phi) is 2.99. The fourth-order valence-electron chi connectivity index (χ4n) is 1.92. The molecule has 1 aliphatic rings. The fraction of sp³-hybridized carbons (Fsp3) is 0.545. The molecule has 1 atom stereocenters. The van der Waals surface area contributed by atoms with Crippen molar-refractivity contribution in [3.05, 3.63) is 24.5 Å². The van der Waals surface area contributed by atoms with Gasteiger partial charge in [0.05, 0.1) is 0 Å². The van der Waals surface area contributed by atoms with Crippen LogP contribution in [0.3, 0.4) is 0 Å². The van der Waals surface area contributed by atoms with Crippen molar-refractivity contribution in [3.63, 3.8) is 0 Å². The molecule has 0 saturated carbocycles. The van der Waals surface area contributed by atoms with Gasteiger partial charge in [0.15, 0.2) is 0 Å². The molecule has 1 aromatic rings. The number of anilines is 1. The lowest BCUT2D eigenvalue weighted by Gasteiger charge is -2.15. The molecule has 1 N–H and O–H groups in total. The van der Waals surface area contributed by atoms with Crippen molar-refractivity contribution in [3.8, 4) is 0 Å². The molecule has 1 saturated heterocycles. The van der Waals surface area contributed by atoms with E-state index in [1.165, 1.54) is 25.2 Å². The van der Waals surface area contributed by atoms with Crippen molar-refractivity contribution < 1.29 is 0 Å². The van der Waals surface area contributed by atoms with Gasteiger partial charge in [0.25, 0.3) is 0 Å². The van der Waals surface area contributed by atoms with E-state index in [1.54, 1.807) is 0 Å². The van der Waals surface area contributed by atoms with Gasteiger partial charge in [-0.05, 0) is 25.1 Å². The molecule has 0 aromatic carbocycles. The first-order valence-corrected chi connectivity index (χ1v) is 5.27. The minimum Gasteiger partial charge on any atom is -0.381 e. The Morgan fingerprint density at radius 2 is 2.29 bits per heavy atom. The summed E-state index contributed by atoms with van der Waals surface area (Å²) in [4.78, 5) is 6.47. The molecule has 1 aromatic heterocycles. The zero-order chi connectivity index (χ0) is 9.80. The molecule has 2 rings (SSSR count). The SMILES string of the molecule is CCN1CCC(Nc2ccncc2)C1. The van der Waals surface area contributed by atoms with Crippen molar-refractivity contribution >= 4 is 5.69 Å². The number of likely N-dealkylation sites (N-methyl/N-ethyl adjacent to an activating group) is 1. The van der Waals surface area contributed by atoms with Crippen molar-refractivity contribution in [2.24, 2.45) is 0 Å². The highest BCUT2D eigenvalue weighted by atomic mass is 15.2. The third-order valence-electron chi connectivity index (χ3n) is 2.77. The number of nitrogens with one attached hydrogen (secondary N) is 1. The third kappa shape index (κ3) is 2.23. The van der Waals surface area contributed by atoms with Crippen LogP contribution >= 0.6 is 0 Å². The second-order valence-corrected chi connectivity index (χ2v) is 3.76. The van der Waals surface area contributed by atoms with Gasteiger partial charge in [-0.15, -0.1) is 0 Å². The van der Waals surface area contributed by atoms with Gasteiger partial charge < -0.3 is 10.2 Å². The van der Waals surface area contributed by atoms with Crippen molar-refractivity contribution in [2.75, 3.05) is 25.0 Å². The Morgan fingerprint density at radius 3 is 2.93 bits per heavy atom. The van der Waals surface area contributed by atoms with Crippen LogP contribution in [0.5, 0.6) is 0 Å². The van der Waals surface area contributed by atoms with E-state index in [1.807, 2.05) is 24.5 Å².